The molecule has 4 heteroatoms. The van der Waals surface area contributed by atoms with Crippen molar-refractivity contribution in [2.24, 2.45) is 0 Å². The number of hydrogen-bond donors (Lipinski definition) is 0. The maximum atomic E-state index is 5.72. The molecule has 0 aliphatic carbocycles. The second kappa shape index (κ2) is 9.03. The summed E-state index contributed by atoms with van der Waals surface area (Å²) in [6.07, 6.45) is 0. The highest BCUT2D eigenvalue weighted by molar-refractivity contribution is 7.94. The third-order valence-corrected chi connectivity index (χ3v) is 3.83. The Bertz CT molecular complexity index is 544. The second-order valence-electron chi connectivity index (χ2n) is 4.31. The van der Waals surface area contributed by atoms with Crippen molar-refractivity contribution in [2.45, 2.75) is 25.7 Å². The average molecular weight is 311 g/mol. The number of halogens is 1. The third kappa shape index (κ3) is 5.97. The lowest BCUT2D eigenvalue weighted by Gasteiger charge is -2.00. The maximum Gasteiger partial charge on any atom is 0.0725 e. The van der Waals surface area contributed by atoms with Crippen molar-refractivity contribution in [3.63, 3.8) is 0 Å². The Morgan fingerprint density at radius 3 is 2.15 bits per heavy atom. The molecule has 0 unspecified atom stereocenters. The second-order valence-corrected chi connectivity index (χ2v) is 5.49. The Kier molecular flexibility index (Phi) is 7.70. The van der Waals surface area contributed by atoms with Crippen LogP contribution in [0.15, 0.2) is 47.4 Å². The number of rotatable bonds is 3. The first-order chi connectivity index (χ1) is 9.54. The molecule has 2 aromatic rings. The normalized spacial score (nSPS) is 9.85. The van der Waals surface area contributed by atoms with E-state index in [1.165, 1.54) is 35.8 Å². The zero-order chi connectivity index (χ0) is 15.0. The number of hydrogen-bond acceptors (Lipinski definition) is 3. The molecule has 0 heterocycles. The van der Waals surface area contributed by atoms with E-state index < -0.39 is 0 Å². The molecule has 2 rings (SSSR count). The lowest BCUT2D eigenvalue weighted by molar-refractivity contribution is -0.160. The summed E-state index contributed by atoms with van der Waals surface area (Å²) in [5, 5.41) is 0.818. The van der Waals surface area contributed by atoms with Crippen LogP contribution in [0.3, 0.4) is 0 Å². The van der Waals surface area contributed by atoms with Crippen molar-refractivity contribution in [1.29, 1.82) is 0 Å². The lowest BCUT2D eigenvalue weighted by Crippen LogP contribution is -1.80. The highest BCUT2D eigenvalue weighted by Crippen LogP contribution is 2.22. The van der Waals surface area contributed by atoms with E-state index in [0.29, 0.717) is 0 Å². The minimum atomic E-state index is 0.818. The Hall–Kier alpha value is -1.00. The van der Waals surface area contributed by atoms with Gasteiger partial charge in [-0.05, 0) is 55.7 Å². The van der Waals surface area contributed by atoms with Crippen molar-refractivity contribution in [3.8, 4) is 0 Å². The molecule has 0 N–H and O–H groups in total. The van der Waals surface area contributed by atoms with Crippen LogP contribution in [0.2, 0.25) is 5.02 Å². The molecule has 0 saturated carbocycles. The SMILES string of the molecule is COOSc1ccccc1C.Cc1ccc(Cl)cc1C. The lowest BCUT2D eigenvalue weighted by atomic mass is 10.1. The van der Waals surface area contributed by atoms with Crippen LogP contribution in [0.5, 0.6) is 0 Å². The zero-order valence-corrected chi connectivity index (χ0v) is 13.7. The molecule has 0 aliphatic rings. The van der Waals surface area contributed by atoms with Crippen molar-refractivity contribution in [2.75, 3.05) is 7.11 Å². The van der Waals surface area contributed by atoms with Gasteiger partial charge in [-0.15, -0.1) is 0 Å². The van der Waals surface area contributed by atoms with Gasteiger partial charge in [-0.1, -0.05) is 35.9 Å². The monoisotopic (exact) mass is 310 g/mol. The molecule has 0 bridgehead atoms. The van der Waals surface area contributed by atoms with Gasteiger partial charge in [0, 0.05) is 9.92 Å². The van der Waals surface area contributed by atoms with Crippen LogP contribution in [-0.2, 0) is 9.22 Å². The van der Waals surface area contributed by atoms with Gasteiger partial charge in [0.2, 0.25) is 0 Å². The first kappa shape index (κ1) is 17.1. The molecular weight excluding hydrogens is 292 g/mol. The topological polar surface area (TPSA) is 18.5 Å². The Morgan fingerprint density at radius 1 is 0.900 bits per heavy atom. The van der Waals surface area contributed by atoms with Crippen LogP contribution in [0.4, 0.5) is 0 Å². The van der Waals surface area contributed by atoms with E-state index in [1.54, 1.807) is 0 Å². The minimum Gasteiger partial charge on any atom is -0.227 e. The summed E-state index contributed by atoms with van der Waals surface area (Å²) < 4.78 is 4.72. The summed E-state index contributed by atoms with van der Waals surface area (Å²) in [5.41, 5.74) is 3.73. The summed E-state index contributed by atoms with van der Waals surface area (Å²) >= 11 is 6.94. The molecule has 0 aromatic heterocycles. The smallest absolute Gasteiger partial charge is 0.0725 e. The summed E-state index contributed by atoms with van der Waals surface area (Å²) in [7, 11) is 1.49. The molecule has 20 heavy (non-hydrogen) atoms. The maximum absolute atomic E-state index is 5.72. The highest BCUT2D eigenvalue weighted by Gasteiger charge is 1.96. The van der Waals surface area contributed by atoms with Gasteiger partial charge in [-0.3, -0.25) is 0 Å². The quantitative estimate of drug-likeness (QED) is 0.421. The van der Waals surface area contributed by atoms with Gasteiger partial charge in [-0.2, -0.15) is 4.33 Å². The first-order valence-corrected chi connectivity index (χ1v) is 7.32. The van der Waals surface area contributed by atoms with Gasteiger partial charge in [-0.25, -0.2) is 4.89 Å². The standard InChI is InChI=1S/C8H9Cl.C8H10O2S/c1-6-3-4-8(9)5-7(6)2;1-7-5-3-4-6-8(7)11-10-9-2/h3-5H,1-2H3;3-6H,1-2H3. The van der Waals surface area contributed by atoms with Crippen LogP contribution >= 0.6 is 23.6 Å². The van der Waals surface area contributed by atoms with Gasteiger partial charge >= 0.3 is 0 Å². The number of benzene rings is 2. The Balaban J connectivity index is 0.000000204. The molecule has 2 aromatic carbocycles. The average Bonchev–Trinajstić information content (AvgIpc) is 2.43. The third-order valence-electron chi connectivity index (χ3n) is 2.75. The van der Waals surface area contributed by atoms with Gasteiger partial charge in [0.05, 0.1) is 19.2 Å². The fraction of sp³-hybridized carbons (Fsp3) is 0.250. The summed E-state index contributed by atoms with van der Waals surface area (Å²) in [6, 6.07) is 13.9. The van der Waals surface area contributed by atoms with Crippen molar-refractivity contribution >= 4 is 23.6 Å². The molecule has 0 fully saturated rings. The Morgan fingerprint density at radius 2 is 1.60 bits per heavy atom. The molecule has 0 spiro atoms. The van der Waals surface area contributed by atoms with Crippen LogP contribution < -0.4 is 0 Å². The van der Waals surface area contributed by atoms with E-state index in [0.717, 1.165) is 9.92 Å². The molecule has 0 saturated heterocycles. The van der Waals surface area contributed by atoms with Crippen molar-refractivity contribution < 1.29 is 9.22 Å². The first-order valence-electron chi connectivity index (χ1n) is 6.20. The Labute approximate surface area is 130 Å². The van der Waals surface area contributed by atoms with Crippen LogP contribution in [0.25, 0.3) is 0 Å². The van der Waals surface area contributed by atoms with E-state index in [-0.39, 0.29) is 0 Å². The number of aryl methyl sites for hydroxylation is 3. The largest absolute Gasteiger partial charge is 0.227 e. The van der Waals surface area contributed by atoms with E-state index in [4.69, 9.17) is 15.9 Å². The summed E-state index contributed by atoms with van der Waals surface area (Å²) in [5.74, 6) is 0. The van der Waals surface area contributed by atoms with Crippen LogP contribution in [0.1, 0.15) is 16.7 Å². The fourth-order valence-corrected chi connectivity index (χ4v) is 2.13. The van der Waals surface area contributed by atoms with Gasteiger partial charge < -0.3 is 0 Å². The zero-order valence-electron chi connectivity index (χ0n) is 12.1. The summed E-state index contributed by atoms with van der Waals surface area (Å²) in [4.78, 5) is 5.54. The van der Waals surface area contributed by atoms with Crippen LogP contribution in [-0.4, -0.2) is 7.11 Å². The predicted molar refractivity (Wildman–Crippen MR) is 86.1 cm³/mol. The van der Waals surface area contributed by atoms with E-state index >= 15 is 0 Å². The molecule has 108 valence electrons. The van der Waals surface area contributed by atoms with Crippen molar-refractivity contribution in [1.82, 2.24) is 0 Å². The highest BCUT2D eigenvalue weighted by atomic mass is 35.5. The predicted octanol–water partition coefficient (Wildman–Crippen LogP) is 5.54. The summed E-state index contributed by atoms with van der Waals surface area (Å²) in [6.45, 7) is 6.16. The molecular formula is C16H19ClO2S. The van der Waals surface area contributed by atoms with E-state index in [2.05, 4.69) is 18.7 Å². The van der Waals surface area contributed by atoms with Gasteiger partial charge in [0.15, 0.2) is 0 Å². The molecule has 0 atom stereocenters. The van der Waals surface area contributed by atoms with Gasteiger partial charge in [0.1, 0.15) is 0 Å². The molecule has 0 amide bonds. The minimum absolute atomic E-state index is 0.818. The van der Waals surface area contributed by atoms with E-state index in [9.17, 15) is 0 Å². The molecule has 2 nitrogen and oxygen atoms in total. The molecule has 0 radical (unpaired) electrons. The van der Waals surface area contributed by atoms with Crippen molar-refractivity contribution in [3.05, 3.63) is 64.2 Å². The molecule has 0 aliphatic heterocycles. The van der Waals surface area contributed by atoms with Crippen LogP contribution in [0, 0.1) is 20.8 Å². The van der Waals surface area contributed by atoms with E-state index in [1.807, 2.05) is 49.4 Å². The van der Waals surface area contributed by atoms with Gasteiger partial charge in [0.25, 0.3) is 0 Å². The fourth-order valence-electron chi connectivity index (χ4n) is 1.43.